The van der Waals surface area contributed by atoms with Gasteiger partial charge < -0.3 is 10.6 Å². The third-order valence-corrected chi connectivity index (χ3v) is 8.69. The lowest BCUT2D eigenvalue weighted by Gasteiger charge is -2.44. The first-order valence-corrected chi connectivity index (χ1v) is 12.4. The number of hydrogen-bond acceptors (Lipinski definition) is 4. The van der Waals surface area contributed by atoms with Crippen molar-refractivity contribution >= 4 is 21.8 Å². The molecule has 1 aromatic carbocycles. The highest BCUT2D eigenvalue weighted by molar-refractivity contribution is 7.89. The molecule has 1 heterocycles. The summed E-state index contributed by atoms with van der Waals surface area (Å²) in [6.07, 6.45) is 4.25. The third-order valence-electron chi connectivity index (χ3n) is 6.62. The minimum Gasteiger partial charge on any atom is -0.353 e. The lowest BCUT2D eigenvalue weighted by atomic mass is 9.70. The van der Waals surface area contributed by atoms with Gasteiger partial charge in [-0.2, -0.15) is 4.31 Å². The standard InChI is InChI=1S/C22H33N3O4S/c1-4-15-13-21(26)24-20-14-17(9-12-19(15)20)23-22(27)16-7-10-18(11-8-16)30(28,29)25(5-2)6-3/h7-8,10-11,15,17,19-20H,4-6,9,12-14H2,1-3H3,(H,23,27)(H,24,26). The van der Waals surface area contributed by atoms with Crippen molar-refractivity contribution in [2.75, 3.05) is 13.1 Å². The summed E-state index contributed by atoms with van der Waals surface area (Å²) in [6.45, 7) is 6.54. The van der Waals surface area contributed by atoms with Crippen molar-refractivity contribution in [2.45, 2.75) is 69.9 Å². The lowest BCUT2D eigenvalue weighted by molar-refractivity contribution is -0.127. The van der Waals surface area contributed by atoms with Gasteiger partial charge in [-0.05, 0) is 55.4 Å². The molecular weight excluding hydrogens is 402 g/mol. The first-order chi connectivity index (χ1) is 14.3. The van der Waals surface area contributed by atoms with E-state index in [0.29, 0.717) is 36.9 Å². The highest BCUT2D eigenvalue weighted by Crippen LogP contribution is 2.37. The van der Waals surface area contributed by atoms with Crippen LogP contribution < -0.4 is 10.6 Å². The zero-order chi connectivity index (χ0) is 21.9. The molecule has 1 aliphatic heterocycles. The zero-order valence-electron chi connectivity index (χ0n) is 18.1. The molecule has 2 fully saturated rings. The second kappa shape index (κ2) is 9.47. The van der Waals surface area contributed by atoms with Gasteiger partial charge >= 0.3 is 0 Å². The number of sulfonamides is 1. The Labute approximate surface area is 179 Å². The number of piperidine rings is 1. The summed E-state index contributed by atoms with van der Waals surface area (Å²) in [5, 5.41) is 6.18. The van der Waals surface area contributed by atoms with Gasteiger partial charge in [0.25, 0.3) is 5.91 Å². The van der Waals surface area contributed by atoms with Gasteiger partial charge in [-0.3, -0.25) is 9.59 Å². The Morgan fingerprint density at radius 3 is 2.40 bits per heavy atom. The predicted molar refractivity (Wildman–Crippen MR) is 115 cm³/mol. The van der Waals surface area contributed by atoms with E-state index in [1.165, 1.54) is 16.4 Å². The molecule has 4 unspecified atom stereocenters. The molecule has 1 aliphatic carbocycles. The van der Waals surface area contributed by atoms with Gasteiger partial charge in [-0.25, -0.2) is 8.42 Å². The summed E-state index contributed by atoms with van der Waals surface area (Å²) in [7, 11) is -3.54. The van der Waals surface area contributed by atoms with Crippen LogP contribution in [0.25, 0.3) is 0 Å². The van der Waals surface area contributed by atoms with Crippen LogP contribution in [0, 0.1) is 11.8 Å². The first kappa shape index (κ1) is 22.7. The molecule has 0 spiro atoms. The highest BCUT2D eigenvalue weighted by atomic mass is 32.2. The van der Waals surface area contributed by atoms with Crippen molar-refractivity contribution in [3.63, 3.8) is 0 Å². The van der Waals surface area contributed by atoms with Gasteiger partial charge in [0.2, 0.25) is 15.9 Å². The summed E-state index contributed by atoms with van der Waals surface area (Å²) in [6, 6.07) is 6.24. The van der Waals surface area contributed by atoms with Gasteiger partial charge in [0.1, 0.15) is 0 Å². The summed E-state index contributed by atoms with van der Waals surface area (Å²) in [5.41, 5.74) is 0.440. The number of fused-ring (bicyclic) bond motifs is 1. The molecule has 2 amide bonds. The van der Waals surface area contributed by atoms with Crippen LogP contribution in [-0.2, 0) is 14.8 Å². The number of nitrogens with one attached hydrogen (secondary N) is 2. The monoisotopic (exact) mass is 435 g/mol. The number of amides is 2. The largest absolute Gasteiger partial charge is 0.353 e. The van der Waals surface area contributed by atoms with E-state index in [1.807, 2.05) is 0 Å². The molecule has 3 rings (SSSR count). The molecule has 8 heteroatoms. The number of carbonyl (C=O) groups is 2. The summed E-state index contributed by atoms with van der Waals surface area (Å²) >= 11 is 0. The molecular formula is C22H33N3O4S. The Morgan fingerprint density at radius 1 is 1.13 bits per heavy atom. The van der Waals surface area contributed by atoms with E-state index in [9.17, 15) is 18.0 Å². The van der Waals surface area contributed by atoms with E-state index >= 15 is 0 Å². The number of nitrogens with zero attached hydrogens (tertiary/aromatic N) is 1. The fraction of sp³-hybridized carbons (Fsp3) is 0.636. The number of rotatable bonds is 7. The minimum absolute atomic E-state index is 0.00809. The summed E-state index contributed by atoms with van der Waals surface area (Å²) < 4.78 is 26.6. The Kier molecular flexibility index (Phi) is 7.18. The second-order valence-corrected chi connectivity index (χ2v) is 10.2. The lowest BCUT2D eigenvalue weighted by Crippen LogP contribution is -2.55. The van der Waals surface area contributed by atoms with E-state index in [-0.39, 0.29) is 28.8 Å². The molecule has 1 saturated heterocycles. The highest BCUT2D eigenvalue weighted by Gasteiger charge is 2.40. The van der Waals surface area contributed by atoms with Crippen LogP contribution in [0.5, 0.6) is 0 Å². The first-order valence-electron chi connectivity index (χ1n) is 11.0. The van der Waals surface area contributed by atoms with Crippen molar-refractivity contribution in [3.8, 4) is 0 Å². The minimum atomic E-state index is -3.54. The van der Waals surface area contributed by atoms with E-state index in [2.05, 4.69) is 17.6 Å². The third kappa shape index (κ3) is 4.70. The van der Waals surface area contributed by atoms with Gasteiger partial charge in [0.05, 0.1) is 4.90 Å². The maximum Gasteiger partial charge on any atom is 0.251 e. The van der Waals surface area contributed by atoms with Crippen LogP contribution in [0.1, 0.15) is 63.2 Å². The van der Waals surface area contributed by atoms with Gasteiger partial charge in [0, 0.05) is 37.2 Å². The molecule has 30 heavy (non-hydrogen) atoms. The van der Waals surface area contributed by atoms with E-state index in [4.69, 9.17) is 0 Å². The van der Waals surface area contributed by atoms with Gasteiger partial charge in [-0.1, -0.05) is 27.2 Å². The molecule has 4 atom stereocenters. The van der Waals surface area contributed by atoms with Crippen LogP contribution in [0.3, 0.4) is 0 Å². The van der Waals surface area contributed by atoms with Crippen molar-refractivity contribution in [1.29, 1.82) is 0 Å². The fourth-order valence-corrected chi connectivity index (χ4v) is 6.38. The molecule has 1 saturated carbocycles. The fourth-order valence-electron chi connectivity index (χ4n) is 4.92. The molecule has 2 N–H and O–H groups in total. The van der Waals surface area contributed by atoms with Crippen molar-refractivity contribution in [1.82, 2.24) is 14.9 Å². The summed E-state index contributed by atoms with van der Waals surface area (Å²) in [4.78, 5) is 24.9. The number of hydrogen-bond donors (Lipinski definition) is 2. The Hall–Kier alpha value is -1.93. The maximum absolute atomic E-state index is 12.7. The second-order valence-electron chi connectivity index (χ2n) is 8.31. The molecule has 0 radical (unpaired) electrons. The normalized spacial score (nSPS) is 26.7. The smallest absolute Gasteiger partial charge is 0.251 e. The number of carbonyl (C=O) groups excluding carboxylic acids is 2. The summed E-state index contributed by atoms with van der Waals surface area (Å²) in [5.74, 6) is 0.825. The molecule has 0 aromatic heterocycles. The van der Waals surface area contributed by atoms with E-state index < -0.39 is 10.0 Å². The molecule has 1 aromatic rings. The van der Waals surface area contributed by atoms with Crippen molar-refractivity contribution < 1.29 is 18.0 Å². The van der Waals surface area contributed by atoms with Crippen molar-refractivity contribution in [2.24, 2.45) is 11.8 Å². The molecule has 0 bridgehead atoms. The Balaban J connectivity index is 1.63. The van der Waals surface area contributed by atoms with Crippen LogP contribution >= 0.6 is 0 Å². The quantitative estimate of drug-likeness (QED) is 0.688. The molecule has 7 nitrogen and oxygen atoms in total. The average Bonchev–Trinajstić information content (AvgIpc) is 2.73. The zero-order valence-corrected chi connectivity index (χ0v) is 18.9. The SMILES string of the molecule is CCC1CC(=O)NC2CC(NC(=O)c3ccc(S(=O)(=O)N(CC)CC)cc3)CCC12. The van der Waals surface area contributed by atoms with Gasteiger partial charge in [-0.15, -0.1) is 0 Å². The topological polar surface area (TPSA) is 95.6 Å². The van der Waals surface area contributed by atoms with Crippen molar-refractivity contribution in [3.05, 3.63) is 29.8 Å². The number of benzene rings is 1. The molecule has 2 aliphatic rings. The predicted octanol–water partition coefficient (Wildman–Crippen LogP) is 2.53. The van der Waals surface area contributed by atoms with Crippen LogP contribution in [0.4, 0.5) is 0 Å². The van der Waals surface area contributed by atoms with Crippen LogP contribution in [-0.4, -0.2) is 49.7 Å². The maximum atomic E-state index is 12.7. The van der Waals surface area contributed by atoms with Crippen LogP contribution in [0.2, 0.25) is 0 Å². The molecule has 166 valence electrons. The Bertz CT molecular complexity index is 865. The van der Waals surface area contributed by atoms with Gasteiger partial charge in [0.15, 0.2) is 0 Å². The van der Waals surface area contributed by atoms with Crippen LogP contribution in [0.15, 0.2) is 29.2 Å². The van der Waals surface area contributed by atoms with E-state index in [1.54, 1.807) is 26.0 Å². The van der Waals surface area contributed by atoms with E-state index in [0.717, 1.165) is 25.7 Å². The Morgan fingerprint density at radius 2 is 1.80 bits per heavy atom. The average molecular weight is 436 g/mol.